The first kappa shape index (κ1) is 15.6. The molecule has 102 valence electrons. The lowest BCUT2D eigenvalue weighted by Crippen LogP contribution is -2.10. The maximum absolute atomic E-state index is 5.51. The van der Waals surface area contributed by atoms with Gasteiger partial charge in [0.15, 0.2) is 5.82 Å². The number of hydrogen-bond acceptors (Lipinski definition) is 4. The zero-order chi connectivity index (χ0) is 13.5. The second kappa shape index (κ2) is 7.89. The van der Waals surface area contributed by atoms with Gasteiger partial charge in [0.05, 0.1) is 9.26 Å². The summed E-state index contributed by atoms with van der Waals surface area (Å²) in [5.41, 5.74) is 1.11. The van der Waals surface area contributed by atoms with Crippen molar-refractivity contribution in [2.75, 3.05) is 19.0 Å². The maximum Gasteiger partial charge on any atom is 0.156 e. The van der Waals surface area contributed by atoms with Gasteiger partial charge in [0.25, 0.3) is 0 Å². The molecule has 1 N–H and O–H groups in total. The first-order chi connectivity index (χ1) is 8.58. The molecule has 5 heteroatoms. The van der Waals surface area contributed by atoms with Crippen LogP contribution in [0.25, 0.3) is 0 Å². The van der Waals surface area contributed by atoms with Crippen molar-refractivity contribution in [2.45, 2.75) is 40.2 Å². The van der Waals surface area contributed by atoms with Crippen LogP contribution in [0.1, 0.15) is 38.7 Å². The second-order valence-electron chi connectivity index (χ2n) is 4.65. The lowest BCUT2D eigenvalue weighted by Gasteiger charge is -2.12. The predicted octanol–water partition coefficient (Wildman–Crippen LogP) is 3.25. The number of aromatic nitrogens is 2. The molecule has 0 bridgehead atoms. The molecule has 0 saturated carbocycles. The highest BCUT2D eigenvalue weighted by Crippen LogP contribution is 2.21. The lowest BCUT2D eigenvalue weighted by atomic mass is 10.1. The Morgan fingerprint density at radius 1 is 1.33 bits per heavy atom. The largest absolute Gasteiger partial charge is 0.373 e. The number of nitrogens with zero attached hydrogens (tertiary/aromatic N) is 2. The molecule has 4 nitrogen and oxygen atoms in total. The molecule has 1 aromatic rings. The highest BCUT2D eigenvalue weighted by atomic mass is 127. The van der Waals surface area contributed by atoms with E-state index in [1.54, 1.807) is 0 Å². The fourth-order valence-electron chi connectivity index (χ4n) is 1.60. The van der Waals surface area contributed by atoms with Gasteiger partial charge in [0, 0.05) is 13.7 Å². The van der Waals surface area contributed by atoms with Crippen LogP contribution in [0, 0.1) is 9.49 Å². The lowest BCUT2D eigenvalue weighted by molar-refractivity contribution is 0.116. The third kappa shape index (κ3) is 4.68. The molecule has 0 radical (unpaired) electrons. The number of nitrogens with one attached hydrogen (secondary N) is 1. The van der Waals surface area contributed by atoms with Crippen molar-refractivity contribution in [3.8, 4) is 0 Å². The molecule has 0 aliphatic heterocycles. The zero-order valence-corrected chi connectivity index (χ0v) is 13.7. The van der Waals surface area contributed by atoms with Gasteiger partial charge in [0.1, 0.15) is 12.4 Å². The van der Waals surface area contributed by atoms with Crippen molar-refractivity contribution >= 4 is 28.4 Å². The van der Waals surface area contributed by atoms with Crippen molar-refractivity contribution in [3.63, 3.8) is 0 Å². The average Bonchev–Trinajstić information content (AvgIpc) is 2.32. The molecule has 1 heterocycles. The Kier molecular flexibility index (Phi) is 6.85. The molecule has 0 unspecified atom stereocenters. The molecule has 0 aromatic carbocycles. The molecule has 0 saturated heterocycles. The number of anilines is 1. The van der Waals surface area contributed by atoms with Crippen LogP contribution in [0.3, 0.4) is 0 Å². The number of halogens is 1. The predicted molar refractivity (Wildman–Crippen MR) is 82.8 cm³/mol. The van der Waals surface area contributed by atoms with Crippen molar-refractivity contribution in [3.05, 3.63) is 15.1 Å². The van der Waals surface area contributed by atoms with E-state index in [4.69, 9.17) is 4.74 Å². The van der Waals surface area contributed by atoms with Gasteiger partial charge in [-0.1, -0.05) is 20.8 Å². The number of rotatable bonds is 7. The average molecular weight is 363 g/mol. The van der Waals surface area contributed by atoms with Gasteiger partial charge in [-0.15, -0.1) is 0 Å². The van der Waals surface area contributed by atoms with Crippen LogP contribution < -0.4 is 5.32 Å². The summed E-state index contributed by atoms with van der Waals surface area (Å²) in [6.45, 7) is 7.74. The SMILES string of the molecule is CCCOCc1nc(CC(C)C)c(I)c(NC)n1. The normalized spacial score (nSPS) is 11.0. The summed E-state index contributed by atoms with van der Waals surface area (Å²) in [5, 5.41) is 3.13. The van der Waals surface area contributed by atoms with E-state index in [0.29, 0.717) is 12.5 Å². The summed E-state index contributed by atoms with van der Waals surface area (Å²) < 4.78 is 6.63. The summed E-state index contributed by atoms with van der Waals surface area (Å²) in [6.07, 6.45) is 1.98. The Balaban J connectivity index is 2.90. The van der Waals surface area contributed by atoms with Gasteiger partial charge in [-0.05, 0) is 41.4 Å². The first-order valence-electron chi connectivity index (χ1n) is 6.39. The molecule has 0 amide bonds. The monoisotopic (exact) mass is 363 g/mol. The number of hydrogen-bond donors (Lipinski definition) is 1. The van der Waals surface area contributed by atoms with Gasteiger partial charge < -0.3 is 10.1 Å². The minimum atomic E-state index is 0.491. The summed E-state index contributed by atoms with van der Waals surface area (Å²) >= 11 is 2.31. The first-order valence-corrected chi connectivity index (χ1v) is 7.47. The van der Waals surface area contributed by atoms with Gasteiger partial charge in [-0.3, -0.25) is 0 Å². The van der Waals surface area contributed by atoms with E-state index in [2.05, 4.69) is 58.6 Å². The quantitative estimate of drug-likeness (QED) is 0.597. The molecule has 0 aliphatic rings. The third-order valence-corrected chi connectivity index (χ3v) is 3.52. The van der Waals surface area contributed by atoms with Crippen LogP contribution in [0.4, 0.5) is 5.82 Å². The molecule has 1 aromatic heterocycles. The van der Waals surface area contributed by atoms with E-state index in [-0.39, 0.29) is 0 Å². The van der Waals surface area contributed by atoms with Crippen LogP contribution >= 0.6 is 22.6 Å². The summed E-state index contributed by atoms with van der Waals surface area (Å²) in [5.74, 6) is 2.25. The van der Waals surface area contributed by atoms with E-state index in [9.17, 15) is 0 Å². The van der Waals surface area contributed by atoms with Crippen molar-refractivity contribution in [1.29, 1.82) is 0 Å². The Hall–Kier alpha value is -0.430. The van der Waals surface area contributed by atoms with E-state index < -0.39 is 0 Å². The Morgan fingerprint density at radius 2 is 2.06 bits per heavy atom. The van der Waals surface area contributed by atoms with Gasteiger partial charge in [-0.2, -0.15) is 0 Å². The molecule has 1 rings (SSSR count). The molecule has 0 aliphatic carbocycles. The third-order valence-electron chi connectivity index (χ3n) is 2.38. The van der Waals surface area contributed by atoms with Gasteiger partial charge in [0.2, 0.25) is 0 Å². The minimum absolute atomic E-state index is 0.491. The Morgan fingerprint density at radius 3 is 2.61 bits per heavy atom. The maximum atomic E-state index is 5.51. The van der Waals surface area contributed by atoms with Crippen LogP contribution in [-0.4, -0.2) is 23.6 Å². The standard InChI is InChI=1S/C13H22IN3O/c1-5-6-18-8-11-16-10(7-9(2)3)12(14)13(15-4)17-11/h9H,5-8H2,1-4H3,(H,15,16,17). The Bertz CT molecular complexity index is 383. The highest BCUT2D eigenvalue weighted by molar-refractivity contribution is 14.1. The summed E-state index contributed by atoms with van der Waals surface area (Å²) in [6, 6.07) is 0. The van der Waals surface area contributed by atoms with Crippen LogP contribution in [0.2, 0.25) is 0 Å². The molecule has 0 fully saturated rings. The fourth-order valence-corrected chi connectivity index (χ4v) is 2.34. The molecule has 0 atom stereocenters. The fraction of sp³-hybridized carbons (Fsp3) is 0.692. The number of ether oxygens (including phenoxy) is 1. The topological polar surface area (TPSA) is 47.0 Å². The molecular weight excluding hydrogens is 341 g/mol. The van der Waals surface area contributed by atoms with E-state index in [0.717, 1.165) is 40.4 Å². The van der Waals surface area contributed by atoms with Crippen LogP contribution in [0.5, 0.6) is 0 Å². The van der Waals surface area contributed by atoms with Crippen LogP contribution in [-0.2, 0) is 17.8 Å². The minimum Gasteiger partial charge on any atom is -0.373 e. The van der Waals surface area contributed by atoms with Crippen molar-refractivity contribution in [1.82, 2.24) is 9.97 Å². The highest BCUT2D eigenvalue weighted by Gasteiger charge is 2.12. The zero-order valence-electron chi connectivity index (χ0n) is 11.6. The van der Waals surface area contributed by atoms with E-state index in [1.165, 1.54) is 0 Å². The van der Waals surface area contributed by atoms with Gasteiger partial charge >= 0.3 is 0 Å². The van der Waals surface area contributed by atoms with Crippen molar-refractivity contribution < 1.29 is 4.74 Å². The Labute approximate surface area is 123 Å². The smallest absolute Gasteiger partial charge is 0.156 e. The second-order valence-corrected chi connectivity index (χ2v) is 5.73. The van der Waals surface area contributed by atoms with Gasteiger partial charge in [-0.25, -0.2) is 9.97 Å². The molecule has 18 heavy (non-hydrogen) atoms. The molecular formula is C13H22IN3O. The van der Waals surface area contributed by atoms with Crippen molar-refractivity contribution in [2.24, 2.45) is 5.92 Å². The van der Waals surface area contributed by atoms with Crippen LogP contribution in [0.15, 0.2) is 0 Å². The summed E-state index contributed by atoms with van der Waals surface area (Å²) in [7, 11) is 1.89. The molecule has 0 spiro atoms. The van der Waals surface area contributed by atoms with E-state index in [1.807, 2.05) is 7.05 Å². The van der Waals surface area contributed by atoms with E-state index >= 15 is 0 Å². The summed E-state index contributed by atoms with van der Waals surface area (Å²) in [4.78, 5) is 9.09.